The van der Waals surface area contributed by atoms with E-state index in [-0.39, 0.29) is 5.82 Å². The SMILES string of the molecule is Cc1cn2ccnc2cc1F. The van der Waals surface area contributed by atoms with Gasteiger partial charge in [0, 0.05) is 30.2 Å². The van der Waals surface area contributed by atoms with Gasteiger partial charge in [0.25, 0.3) is 0 Å². The standard InChI is InChI=1S/C8H7FN2/c1-6-5-11-3-2-10-8(11)4-7(6)9/h2-5H,1H3. The zero-order valence-electron chi connectivity index (χ0n) is 6.08. The van der Waals surface area contributed by atoms with Gasteiger partial charge in [-0.25, -0.2) is 9.37 Å². The van der Waals surface area contributed by atoms with Crippen molar-refractivity contribution in [3.63, 3.8) is 0 Å². The summed E-state index contributed by atoms with van der Waals surface area (Å²) < 4.78 is 14.7. The number of aromatic nitrogens is 2. The normalized spacial score (nSPS) is 10.7. The van der Waals surface area contributed by atoms with E-state index in [1.54, 1.807) is 29.9 Å². The Hall–Kier alpha value is -1.38. The molecule has 0 radical (unpaired) electrons. The topological polar surface area (TPSA) is 17.3 Å². The highest BCUT2D eigenvalue weighted by Crippen LogP contribution is 2.08. The summed E-state index contributed by atoms with van der Waals surface area (Å²) in [6.07, 6.45) is 5.16. The van der Waals surface area contributed by atoms with Crippen molar-refractivity contribution >= 4 is 5.65 Å². The number of halogens is 1. The van der Waals surface area contributed by atoms with E-state index in [0.717, 1.165) is 0 Å². The Labute approximate surface area is 63.3 Å². The van der Waals surface area contributed by atoms with E-state index in [9.17, 15) is 4.39 Å². The second-order valence-corrected chi connectivity index (χ2v) is 2.50. The van der Waals surface area contributed by atoms with Crippen molar-refractivity contribution in [2.75, 3.05) is 0 Å². The number of rotatable bonds is 0. The Balaban J connectivity index is 2.86. The van der Waals surface area contributed by atoms with Crippen LogP contribution in [0.15, 0.2) is 24.7 Å². The van der Waals surface area contributed by atoms with Crippen molar-refractivity contribution in [3.8, 4) is 0 Å². The van der Waals surface area contributed by atoms with Crippen molar-refractivity contribution in [2.24, 2.45) is 0 Å². The first-order chi connectivity index (χ1) is 5.27. The molecule has 56 valence electrons. The van der Waals surface area contributed by atoms with Gasteiger partial charge < -0.3 is 4.40 Å². The summed E-state index contributed by atoms with van der Waals surface area (Å²) in [6, 6.07) is 1.43. The van der Waals surface area contributed by atoms with Gasteiger partial charge in [-0.05, 0) is 6.92 Å². The van der Waals surface area contributed by atoms with Gasteiger partial charge >= 0.3 is 0 Å². The third kappa shape index (κ3) is 0.888. The van der Waals surface area contributed by atoms with E-state index in [1.807, 2.05) is 0 Å². The predicted octanol–water partition coefficient (Wildman–Crippen LogP) is 1.78. The van der Waals surface area contributed by atoms with E-state index in [2.05, 4.69) is 4.98 Å². The van der Waals surface area contributed by atoms with Crippen LogP contribution in [-0.2, 0) is 0 Å². The molecule has 3 heteroatoms. The highest BCUT2D eigenvalue weighted by molar-refractivity contribution is 5.39. The molecule has 2 aromatic heterocycles. The summed E-state index contributed by atoms with van der Waals surface area (Å²) in [5, 5.41) is 0. The molecule has 2 rings (SSSR count). The van der Waals surface area contributed by atoms with Crippen LogP contribution in [0, 0.1) is 12.7 Å². The number of nitrogens with zero attached hydrogens (tertiary/aromatic N) is 2. The molecule has 0 aliphatic rings. The minimum atomic E-state index is -0.205. The molecule has 0 atom stereocenters. The molecule has 0 aliphatic carbocycles. The molecule has 0 spiro atoms. The predicted molar refractivity (Wildman–Crippen MR) is 39.9 cm³/mol. The van der Waals surface area contributed by atoms with Crippen LogP contribution in [0.3, 0.4) is 0 Å². The first kappa shape index (κ1) is 6.34. The fraction of sp³-hybridized carbons (Fsp3) is 0.125. The van der Waals surface area contributed by atoms with Crippen molar-refractivity contribution in [1.29, 1.82) is 0 Å². The first-order valence-electron chi connectivity index (χ1n) is 3.36. The molecule has 0 unspecified atom stereocenters. The minimum absolute atomic E-state index is 0.205. The minimum Gasteiger partial charge on any atom is -0.307 e. The molecule has 0 saturated carbocycles. The number of imidazole rings is 1. The Bertz CT molecular complexity index is 356. The summed E-state index contributed by atoms with van der Waals surface area (Å²) in [5.74, 6) is -0.205. The molecule has 0 N–H and O–H groups in total. The van der Waals surface area contributed by atoms with Crippen LogP contribution in [0.1, 0.15) is 5.56 Å². The van der Waals surface area contributed by atoms with E-state index in [1.165, 1.54) is 6.07 Å². The summed E-state index contributed by atoms with van der Waals surface area (Å²) in [4.78, 5) is 3.94. The fourth-order valence-corrected chi connectivity index (χ4v) is 1.04. The van der Waals surface area contributed by atoms with Crippen LogP contribution in [0.2, 0.25) is 0 Å². The molecule has 2 aromatic rings. The van der Waals surface area contributed by atoms with Crippen LogP contribution in [0.25, 0.3) is 5.65 Å². The molecule has 2 heterocycles. The number of hydrogen-bond acceptors (Lipinski definition) is 1. The van der Waals surface area contributed by atoms with Gasteiger partial charge in [0.2, 0.25) is 0 Å². The summed E-state index contributed by atoms with van der Waals surface area (Å²) in [6.45, 7) is 1.73. The third-order valence-corrected chi connectivity index (χ3v) is 1.66. The van der Waals surface area contributed by atoms with Crippen LogP contribution in [-0.4, -0.2) is 9.38 Å². The van der Waals surface area contributed by atoms with Crippen LogP contribution in [0.4, 0.5) is 4.39 Å². The van der Waals surface area contributed by atoms with E-state index in [4.69, 9.17) is 0 Å². The zero-order chi connectivity index (χ0) is 7.84. The summed E-state index contributed by atoms with van der Waals surface area (Å²) in [7, 11) is 0. The van der Waals surface area contributed by atoms with Crippen LogP contribution in [0.5, 0.6) is 0 Å². The zero-order valence-corrected chi connectivity index (χ0v) is 6.08. The van der Waals surface area contributed by atoms with E-state index >= 15 is 0 Å². The van der Waals surface area contributed by atoms with Gasteiger partial charge in [-0.3, -0.25) is 0 Å². The van der Waals surface area contributed by atoms with Gasteiger partial charge in [-0.15, -0.1) is 0 Å². The third-order valence-electron chi connectivity index (χ3n) is 1.66. The molecule has 0 aliphatic heterocycles. The Kier molecular flexibility index (Phi) is 1.18. The number of aryl methyl sites for hydroxylation is 1. The van der Waals surface area contributed by atoms with Gasteiger partial charge in [-0.2, -0.15) is 0 Å². The molecule has 0 fully saturated rings. The molecule has 11 heavy (non-hydrogen) atoms. The lowest BCUT2D eigenvalue weighted by molar-refractivity contribution is 0.616. The quantitative estimate of drug-likeness (QED) is 0.559. The summed E-state index contributed by atoms with van der Waals surface area (Å²) >= 11 is 0. The van der Waals surface area contributed by atoms with Crippen molar-refractivity contribution in [3.05, 3.63) is 36.0 Å². The second kappa shape index (κ2) is 2.05. The van der Waals surface area contributed by atoms with E-state index < -0.39 is 0 Å². The summed E-state index contributed by atoms with van der Waals surface area (Å²) in [5.41, 5.74) is 1.28. The Morgan fingerprint density at radius 1 is 1.55 bits per heavy atom. The maximum atomic E-state index is 12.9. The second-order valence-electron chi connectivity index (χ2n) is 2.50. The lowest BCUT2D eigenvalue weighted by atomic mass is 10.3. The van der Waals surface area contributed by atoms with Crippen molar-refractivity contribution in [1.82, 2.24) is 9.38 Å². The monoisotopic (exact) mass is 150 g/mol. The Morgan fingerprint density at radius 2 is 2.36 bits per heavy atom. The van der Waals surface area contributed by atoms with E-state index in [0.29, 0.717) is 11.2 Å². The average Bonchev–Trinajstić information content (AvgIpc) is 2.36. The molecular formula is C8H7FN2. The molecule has 2 nitrogen and oxygen atoms in total. The first-order valence-corrected chi connectivity index (χ1v) is 3.36. The van der Waals surface area contributed by atoms with Gasteiger partial charge in [-0.1, -0.05) is 0 Å². The largest absolute Gasteiger partial charge is 0.307 e. The number of hydrogen-bond donors (Lipinski definition) is 0. The van der Waals surface area contributed by atoms with Gasteiger partial charge in [0.1, 0.15) is 11.5 Å². The molecular weight excluding hydrogens is 143 g/mol. The van der Waals surface area contributed by atoms with Crippen LogP contribution >= 0.6 is 0 Å². The maximum Gasteiger partial charge on any atom is 0.139 e. The lowest BCUT2D eigenvalue weighted by Gasteiger charge is -1.96. The average molecular weight is 150 g/mol. The Morgan fingerprint density at radius 3 is 3.18 bits per heavy atom. The highest BCUT2D eigenvalue weighted by Gasteiger charge is 1.99. The maximum absolute atomic E-state index is 12.9. The molecule has 0 bridgehead atoms. The van der Waals surface area contributed by atoms with Crippen molar-refractivity contribution in [2.45, 2.75) is 6.92 Å². The van der Waals surface area contributed by atoms with Crippen LogP contribution < -0.4 is 0 Å². The molecule has 0 amide bonds. The highest BCUT2D eigenvalue weighted by atomic mass is 19.1. The van der Waals surface area contributed by atoms with Crippen molar-refractivity contribution < 1.29 is 4.39 Å². The van der Waals surface area contributed by atoms with Gasteiger partial charge in [0.15, 0.2) is 0 Å². The molecule has 0 saturated heterocycles. The number of fused-ring (bicyclic) bond motifs is 1. The lowest BCUT2D eigenvalue weighted by Crippen LogP contribution is -1.88. The number of pyridine rings is 1. The fourth-order valence-electron chi connectivity index (χ4n) is 1.04. The molecule has 0 aromatic carbocycles. The smallest absolute Gasteiger partial charge is 0.139 e. The van der Waals surface area contributed by atoms with Gasteiger partial charge in [0.05, 0.1) is 0 Å².